The Kier molecular flexibility index (Phi) is 5.33. The predicted octanol–water partition coefficient (Wildman–Crippen LogP) is 4.61. The maximum Gasteiger partial charge on any atom is 0.120 e. The fourth-order valence-corrected chi connectivity index (χ4v) is 3.12. The molecule has 0 aliphatic carbocycles. The van der Waals surface area contributed by atoms with Gasteiger partial charge < -0.3 is 10.1 Å². The molecule has 4 aromatic rings. The van der Waals surface area contributed by atoms with Crippen LogP contribution in [-0.2, 0) is 13.1 Å². The van der Waals surface area contributed by atoms with E-state index in [0.717, 1.165) is 34.8 Å². The lowest BCUT2D eigenvalue weighted by molar-refractivity contribution is 0.415. The van der Waals surface area contributed by atoms with E-state index in [4.69, 9.17) is 9.84 Å². The van der Waals surface area contributed by atoms with Crippen molar-refractivity contribution in [2.75, 3.05) is 12.4 Å². The van der Waals surface area contributed by atoms with E-state index in [1.54, 1.807) is 13.3 Å². The summed E-state index contributed by atoms with van der Waals surface area (Å²) in [4.78, 5) is 4.25. The molecule has 0 aliphatic heterocycles. The lowest BCUT2D eigenvalue weighted by atomic mass is 10.1. The third kappa shape index (κ3) is 4.20. The molecule has 140 valence electrons. The van der Waals surface area contributed by atoms with Gasteiger partial charge in [-0.15, -0.1) is 0 Å². The molecular formula is C23H22N4O. The number of anilines is 1. The molecule has 5 heteroatoms. The van der Waals surface area contributed by atoms with Crippen LogP contribution in [0.15, 0.2) is 85.3 Å². The Morgan fingerprint density at radius 2 is 1.89 bits per heavy atom. The fourth-order valence-electron chi connectivity index (χ4n) is 3.12. The molecule has 2 aromatic heterocycles. The van der Waals surface area contributed by atoms with E-state index < -0.39 is 0 Å². The van der Waals surface area contributed by atoms with Gasteiger partial charge in [0.05, 0.1) is 19.3 Å². The van der Waals surface area contributed by atoms with Gasteiger partial charge in [0.15, 0.2) is 0 Å². The number of rotatable bonds is 7. The number of hydrogen-bond donors (Lipinski definition) is 1. The van der Waals surface area contributed by atoms with Crippen LogP contribution < -0.4 is 10.1 Å². The number of aromatic nitrogens is 3. The minimum absolute atomic E-state index is 0.659. The summed E-state index contributed by atoms with van der Waals surface area (Å²) in [7, 11) is 1.67. The molecule has 0 spiro atoms. The molecule has 0 unspecified atom stereocenters. The van der Waals surface area contributed by atoms with Gasteiger partial charge in [-0.2, -0.15) is 5.10 Å². The smallest absolute Gasteiger partial charge is 0.120 e. The largest absolute Gasteiger partial charge is 0.497 e. The molecule has 0 saturated carbocycles. The van der Waals surface area contributed by atoms with E-state index >= 15 is 0 Å². The zero-order valence-corrected chi connectivity index (χ0v) is 15.7. The molecular weight excluding hydrogens is 348 g/mol. The summed E-state index contributed by atoms with van der Waals surface area (Å²) in [6.45, 7) is 1.39. The first-order chi connectivity index (χ1) is 13.8. The Morgan fingerprint density at radius 1 is 1.00 bits per heavy atom. The maximum atomic E-state index is 5.31. The number of nitrogens with one attached hydrogen (secondary N) is 1. The van der Waals surface area contributed by atoms with Gasteiger partial charge in [0.1, 0.15) is 5.75 Å². The number of ether oxygens (including phenoxy) is 1. The lowest BCUT2D eigenvalue weighted by Gasteiger charge is -2.08. The lowest BCUT2D eigenvalue weighted by Crippen LogP contribution is -2.00. The highest BCUT2D eigenvalue weighted by atomic mass is 16.5. The molecule has 0 amide bonds. The highest BCUT2D eigenvalue weighted by Gasteiger charge is 2.12. The highest BCUT2D eigenvalue weighted by molar-refractivity contribution is 5.62. The van der Waals surface area contributed by atoms with Crippen molar-refractivity contribution < 1.29 is 4.74 Å². The normalized spacial score (nSPS) is 10.6. The van der Waals surface area contributed by atoms with Crippen LogP contribution in [0, 0.1) is 0 Å². The van der Waals surface area contributed by atoms with Crippen molar-refractivity contribution >= 4 is 5.69 Å². The van der Waals surface area contributed by atoms with Gasteiger partial charge in [-0.25, -0.2) is 0 Å². The molecule has 5 nitrogen and oxygen atoms in total. The molecule has 2 heterocycles. The van der Waals surface area contributed by atoms with Crippen molar-refractivity contribution in [1.29, 1.82) is 0 Å². The van der Waals surface area contributed by atoms with Crippen molar-refractivity contribution in [3.8, 4) is 17.0 Å². The molecule has 0 atom stereocenters. The van der Waals surface area contributed by atoms with Crippen LogP contribution in [0.4, 0.5) is 5.69 Å². The molecule has 0 radical (unpaired) electrons. The summed E-state index contributed by atoms with van der Waals surface area (Å²) in [6.07, 6.45) is 5.73. The molecule has 0 saturated heterocycles. The van der Waals surface area contributed by atoms with E-state index in [1.165, 1.54) is 5.56 Å². The summed E-state index contributed by atoms with van der Waals surface area (Å²) in [5.74, 6) is 0.831. The summed E-state index contributed by atoms with van der Waals surface area (Å²) in [5.41, 5.74) is 5.30. The quantitative estimate of drug-likeness (QED) is 0.516. The number of methoxy groups -OCH3 is 1. The fraction of sp³-hybridized carbons (Fsp3) is 0.130. The maximum absolute atomic E-state index is 5.31. The average Bonchev–Trinajstić information content (AvgIpc) is 3.16. The van der Waals surface area contributed by atoms with Crippen LogP contribution in [0.3, 0.4) is 0 Å². The molecule has 2 aromatic carbocycles. The van der Waals surface area contributed by atoms with Gasteiger partial charge in [-0.05, 0) is 29.8 Å². The SMILES string of the molecule is COc1cccc(NCc2cn(Cc3ccccc3)nc2-c2cccnc2)c1. The summed E-state index contributed by atoms with van der Waals surface area (Å²) < 4.78 is 7.29. The van der Waals surface area contributed by atoms with Crippen LogP contribution in [0.2, 0.25) is 0 Å². The average molecular weight is 370 g/mol. The topological polar surface area (TPSA) is 52.0 Å². The van der Waals surface area contributed by atoms with Crippen molar-refractivity contribution in [2.24, 2.45) is 0 Å². The minimum Gasteiger partial charge on any atom is -0.497 e. The van der Waals surface area contributed by atoms with Gasteiger partial charge in [0.25, 0.3) is 0 Å². The third-order valence-corrected chi connectivity index (χ3v) is 4.51. The number of benzene rings is 2. The van der Waals surface area contributed by atoms with Gasteiger partial charge in [0, 0.05) is 48.0 Å². The van der Waals surface area contributed by atoms with Crippen LogP contribution in [0.5, 0.6) is 5.75 Å². The predicted molar refractivity (Wildman–Crippen MR) is 111 cm³/mol. The van der Waals surface area contributed by atoms with Crippen molar-refractivity contribution in [3.63, 3.8) is 0 Å². The van der Waals surface area contributed by atoms with Crippen LogP contribution >= 0.6 is 0 Å². The number of hydrogen-bond acceptors (Lipinski definition) is 4. The Bertz CT molecular complexity index is 1030. The van der Waals surface area contributed by atoms with Crippen LogP contribution in [0.1, 0.15) is 11.1 Å². The zero-order chi connectivity index (χ0) is 19.2. The van der Waals surface area contributed by atoms with E-state index in [-0.39, 0.29) is 0 Å². The standard InChI is InChI=1S/C23H22N4O/c1-28-22-11-5-10-21(13-22)25-15-20-17-27(16-18-7-3-2-4-8-18)26-23(20)19-9-6-12-24-14-19/h2-14,17,25H,15-16H2,1H3. The first-order valence-corrected chi connectivity index (χ1v) is 9.20. The second-order valence-corrected chi connectivity index (χ2v) is 6.51. The van der Waals surface area contributed by atoms with Gasteiger partial charge >= 0.3 is 0 Å². The van der Waals surface area contributed by atoms with Crippen molar-refractivity contribution in [2.45, 2.75) is 13.1 Å². The van der Waals surface area contributed by atoms with E-state index in [1.807, 2.05) is 65.5 Å². The second kappa shape index (κ2) is 8.39. The van der Waals surface area contributed by atoms with Gasteiger partial charge in [-0.3, -0.25) is 9.67 Å². The minimum atomic E-state index is 0.659. The highest BCUT2D eigenvalue weighted by Crippen LogP contribution is 2.24. The Hall–Kier alpha value is -3.60. The van der Waals surface area contributed by atoms with Gasteiger partial charge in [-0.1, -0.05) is 36.4 Å². The molecule has 0 bridgehead atoms. The Balaban J connectivity index is 1.60. The van der Waals surface area contributed by atoms with Crippen LogP contribution in [0.25, 0.3) is 11.3 Å². The molecule has 28 heavy (non-hydrogen) atoms. The van der Waals surface area contributed by atoms with E-state index in [9.17, 15) is 0 Å². The second-order valence-electron chi connectivity index (χ2n) is 6.51. The monoisotopic (exact) mass is 370 g/mol. The number of nitrogens with zero attached hydrogens (tertiary/aromatic N) is 3. The Morgan fingerprint density at radius 3 is 2.68 bits per heavy atom. The summed E-state index contributed by atoms with van der Waals surface area (Å²) in [6, 6.07) is 22.2. The van der Waals surface area contributed by atoms with Gasteiger partial charge in [0.2, 0.25) is 0 Å². The van der Waals surface area contributed by atoms with E-state index in [2.05, 4.69) is 28.6 Å². The first kappa shape index (κ1) is 17.8. The summed E-state index contributed by atoms with van der Waals surface area (Å²) in [5, 5.41) is 8.30. The molecule has 1 N–H and O–H groups in total. The van der Waals surface area contributed by atoms with Crippen molar-refractivity contribution in [1.82, 2.24) is 14.8 Å². The Labute approximate surface area is 164 Å². The van der Waals surface area contributed by atoms with E-state index in [0.29, 0.717) is 6.54 Å². The molecule has 0 aliphatic rings. The summed E-state index contributed by atoms with van der Waals surface area (Å²) >= 11 is 0. The first-order valence-electron chi connectivity index (χ1n) is 9.20. The molecule has 0 fully saturated rings. The third-order valence-electron chi connectivity index (χ3n) is 4.51. The van der Waals surface area contributed by atoms with Crippen molar-refractivity contribution in [3.05, 3.63) is 96.4 Å². The number of pyridine rings is 1. The van der Waals surface area contributed by atoms with Crippen LogP contribution in [-0.4, -0.2) is 21.9 Å². The zero-order valence-electron chi connectivity index (χ0n) is 15.7. The molecule has 4 rings (SSSR count).